The number of aryl methyl sites for hydroxylation is 2. The first-order chi connectivity index (χ1) is 11.7. The molecule has 0 amide bonds. The van der Waals surface area contributed by atoms with Crippen LogP contribution in [-0.4, -0.2) is 27.8 Å². The zero-order valence-electron chi connectivity index (χ0n) is 13.1. The quantitative estimate of drug-likeness (QED) is 0.718. The second kappa shape index (κ2) is 6.20. The van der Waals surface area contributed by atoms with Crippen molar-refractivity contribution in [3.8, 4) is 5.88 Å². The first-order valence-corrected chi connectivity index (χ1v) is 8.85. The van der Waals surface area contributed by atoms with Crippen molar-refractivity contribution in [3.63, 3.8) is 0 Å². The lowest BCUT2D eigenvalue weighted by Gasteiger charge is -2.04. The van der Waals surface area contributed by atoms with E-state index in [9.17, 15) is 9.90 Å². The number of benzene rings is 1. The summed E-state index contributed by atoms with van der Waals surface area (Å²) < 4.78 is 0. The van der Waals surface area contributed by atoms with Gasteiger partial charge in [0.1, 0.15) is 0 Å². The summed E-state index contributed by atoms with van der Waals surface area (Å²) in [5.41, 5.74) is 1.52. The summed E-state index contributed by atoms with van der Waals surface area (Å²) in [6.45, 7) is 0.610. The molecule has 5 nitrogen and oxygen atoms in total. The second-order valence-corrected chi connectivity index (χ2v) is 7.05. The molecule has 0 aliphatic heterocycles. The Hall–Kier alpha value is -2.47. The van der Waals surface area contributed by atoms with Crippen molar-refractivity contribution in [2.75, 3.05) is 6.54 Å². The Morgan fingerprint density at radius 3 is 2.96 bits per heavy atom. The van der Waals surface area contributed by atoms with Gasteiger partial charge in [0.2, 0.25) is 5.88 Å². The van der Waals surface area contributed by atoms with Crippen molar-refractivity contribution in [3.05, 3.63) is 55.8 Å². The van der Waals surface area contributed by atoms with Gasteiger partial charge in [-0.15, -0.1) is 11.3 Å². The number of rotatable bonds is 4. The molecule has 0 atom stereocenters. The van der Waals surface area contributed by atoms with Gasteiger partial charge in [0.25, 0.3) is 5.56 Å². The lowest BCUT2D eigenvalue weighted by Crippen LogP contribution is -2.08. The highest BCUT2D eigenvalue weighted by Crippen LogP contribution is 2.27. The second-order valence-electron chi connectivity index (χ2n) is 5.88. The van der Waals surface area contributed by atoms with Crippen LogP contribution in [0.1, 0.15) is 27.6 Å². The maximum Gasteiger partial charge on any atom is 0.258 e. The van der Waals surface area contributed by atoms with Crippen molar-refractivity contribution in [1.82, 2.24) is 9.97 Å². The molecule has 122 valence electrons. The van der Waals surface area contributed by atoms with Crippen molar-refractivity contribution >= 4 is 28.3 Å². The third-order valence-electron chi connectivity index (χ3n) is 4.26. The highest BCUT2D eigenvalue weighted by molar-refractivity contribution is 7.11. The fourth-order valence-electron chi connectivity index (χ4n) is 3.08. The molecule has 0 saturated carbocycles. The van der Waals surface area contributed by atoms with Crippen molar-refractivity contribution in [2.24, 2.45) is 4.99 Å². The minimum Gasteiger partial charge on any atom is -0.494 e. The number of aromatic hydroxyl groups is 1. The first kappa shape index (κ1) is 15.1. The number of aromatic nitrogens is 2. The maximum atomic E-state index is 11.9. The minimum absolute atomic E-state index is 0.143. The third-order valence-corrected chi connectivity index (χ3v) is 5.48. The van der Waals surface area contributed by atoms with Crippen LogP contribution in [0.2, 0.25) is 0 Å². The van der Waals surface area contributed by atoms with Gasteiger partial charge in [-0.05, 0) is 25.3 Å². The summed E-state index contributed by atoms with van der Waals surface area (Å²) in [6.07, 6.45) is 5.93. The average molecular weight is 339 g/mol. The predicted octanol–water partition coefficient (Wildman–Crippen LogP) is 2.84. The molecule has 0 bridgehead atoms. The van der Waals surface area contributed by atoms with Crippen LogP contribution in [0.25, 0.3) is 10.8 Å². The molecule has 2 heterocycles. The number of H-pyrrole nitrogens is 1. The van der Waals surface area contributed by atoms with Gasteiger partial charge in [0.15, 0.2) is 0 Å². The lowest BCUT2D eigenvalue weighted by molar-refractivity contribution is 0.452. The lowest BCUT2D eigenvalue weighted by atomic mass is 10.1. The monoisotopic (exact) mass is 339 g/mol. The van der Waals surface area contributed by atoms with E-state index in [-0.39, 0.29) is 11.4 Å². The standard InChI is InChI=1S/C18H17N3O2S/c22-17-12-5-2-1-4-11(12)13(18(23)21-17)10-19-9-8-16-20-14-6-3-7-15(14)24-16/h1-2,4-5,10H,3,6-9H2,(H2,21,22,23). The van der Waals surface area contributed by atoms with Crippen LogP contribution in [0.15, 0.2) is 34.1 Å². The van der Waals surface area contributed by atoms with Crippen LogP contribution in [-0.2, 0) is 19.3 Å². The van der Waals surface area contributed by atoms with E-state index in [0.29, 0.717) is 22.9 Å². The smallest absolute Gasteiger partial charge is 0.258 e. The number of fused-ring (bicyclic) bond motifs is 2. The third kappa shape index (κ3) is 2.73. The molecule has 4 rings (SSSR count). The molecule has 0 spiro atoms. The number of hydrogen-bond acceptors (Lipinski definition) is 5. The van der Waals surface area contributed by atoms with Gasteiger partial charge >= 0.3 is 0 Å². The van der Waals surface area contributed by atoms with Crippen molar-refractivity contribution in [2.45, 2.75) is 25.7 Å². The largest absolute Gasteiger partial charge is 0.494 e. The van der Waals surface area contributed by atoms with E-state index in [0.717, 1.165) is 24.3 Å². The molecular formula is C18H17N3O2S. The Balaban J connectivity index is 1.53. The number of aliphatic imine (C=N–C) groups is 1. The predicted molar refractivity (Wildman–Crippen MR) is 96.5 cm³/mol. The van der Waals surface area contributed by atoms with Gasteiger partial charge < -0.3 is 5.11 Å². The molecule has 0 fully saturated rings. The van der Waals surface area contributed by atoms with Gasteiger partial charge in [-0.2, -0.15) is 0 Å². The Morgan fingerprint density at radius 2 is 2.12 bits per heavy atom. The van der Waals surface area contributed by atoms with E-state index in [2.05, 4.69) is 15.0 Å². The summed E-state index contributed by atoms with van der Waals surface area (Å²) in [6, 6.07) is 7.20. The maximum absolute atomic E-state index is 11.9. The average Bonchev–Trinajstić information content (AvgIpc) is 3.15. The fraction of sp³-hybridized carbons (Fsp3) is 0.278. The molecule has 1 aliphatic rings. The highest BCUT2D eigenvalue weighted by atomic mass is 32.1. The Bertz CT molecular complexity index is 966. The van der Waals surface area contributed by atoms with Crippen LogP contribution in [0.4, 0.5) is 0 Å². The van der Waals surface area contributed by atoms with Crippen LogP contribution in [0.3, 0.4) is 0 Å². The summed E-state index contributed by atoms with van der Waals surface area (Å²) in [5, 5.41) is 12.4. The van der Waals surface area contributed by atoms with Crippen LogP contribution < -0.4 is 5.56 Å². The molecule has 1 aromatic carbocycles. The number of aromatic amines is 1. The molecule has 24 heavy (non-hydrogen) atoms. The molecule has 1 aliphatic carbocycles. The van der Waals surface area contributed by atoms with E-state index in [1.165, 1.54) is 17.0 Å². The van der Waals surface area contributed by atoms with E-state index >= 15 is 0 Å². The van der Waals surface area contributed by atoms with Gasteiger partial charge in [0, 0.05) is 34.8 Å². The van der Waals surface area contributed by atoms with E-state index in [1.54, 1.807) is 29.7 Å². The SMILES string of the molecule is O=c1[nH]c(O)c(C=NCCc2nc3c(s2)CCC3)c2ccccc12. The van der Waals surface area contributed by atoms with E-state index < -0.39 is 0 Å². The molecule has 0 saturated heterocycles. The van der Waals surface area contributed by atoms with Crippen LogP contribution in [0, 0.1) is 0 Å². The zero-order chi connectivity index (χ0) is 16.5. The topological polar surface area (TPSA) is 78.3 Å². The van der Waals surface area contributed by atoms with Gasteiger partial charge in [-0.3, -0.25) is 14.8 Å². The summed E-state index contributed by atoms with van der Waals surface area (Å²) in [7, 11) is 0. The molecule has 2 aromatic heterocycles. The summed E-state index contributed by atoms with van der Waals surface area (Å²) in [4.78, 5) is 24.8. The Kier molecular flexibility index (Phi) is 3.90. The molecule has 0 radical (unpaired) electrons. The van der Waals surface area contributed by atoms with E-state index in [4.69, 9.17) is 0 Å². The summed E-state index contributed by atoms with van der Waals surface area (Å²) in [5.74, 6) is -0.143. The number of hydrogen-bond donors (Lipinski definition) is 2. The van der Waals surface area contributed by atoms with Gasteiger partial charge in [-0.25, -0.2) is 4.98 Å². The molecule has 3 aromatic rings. The molecular weight excluding hydrogens is 322 g/mol. The van der Waals surface area contributed by atoms with Crippen molar-refractivity contribution < 1.29 is 5.11 Å². The van der Waals surface area contributed by atoms with Crippen LogP contribution >= 0.6 is 11.3 Å². The van der Waals surface area contributed by atoms with E-state index in [1.807, 2.05) is 12.1 Å². The number of nitrogens with zero attached hydrogens (tertiary/aromatic N) is 2. The highest BCUT2D eigenvalue weighted by Gasteiger charge is 2.16. The number of thiazole rings is 1. The Morgan fingerprint density at radius 1 is 1.29 bits per heavy atom. The number of nitrogens with one attached hydrogen (secondary N) is 1. The van der Waals surface area contributed by atoms with Crippen molar-refractivity contribution in [1.29, 1.82) is 0 Å². The molecule has 2 N–H and O–H groups in total. The zero-order valence-corrected chi connectivity index (χ0v) is 13.9. The minimum atomic E-state index is -0.294. The molecule has 0 unspecified atom stereocenters. The van der Waals surface area contributed by atoms with Crippen LogP contribution in [0.5, 0.6) is 5.88 Å². The summed E-state index contributed by atoms with van der Waals surface area (Å²) >= 11 is 1.79. The normalized spacial score (nSPS) is 13.8. The first-order valence-electron chi connectivity index (χ1n) is 8.03. The number of pyridine rings is 1. The van der Waals surface area contributed by atoms with Gasteiger partial charge in [-0.1, -0.05) is 18.2 Å². The fourth-order valence-corrected chi connectivity index (χ4v) is 4.23. The van der Waals surface area contributed by atoms with Gasteiger partial charge in [0.05, 0.1) is 16.3 Å². The molecule has 6 heteroatoms. The Labute approximate surface area is 142 Å².